The second-order valence-corrected chi connectivity index (χ2v) is 18.7. The number of ether oxygens (including phenoxy) is 1. The summed E-state index contributed by atoms with van der Waals surface area (Å²) in [5.74, 6) is -8.06. The number of hydrogen-bond acceptors (Lipinski definition) is 11. The molecule has 1 aliphatic heterocycles. The first-order chi connectivity index (χ1) is 32.5. The molecule has 0 spiro atoms. The van der Waals surface area contributed by atoms with Crippen LogP contribution in [0.25, 0.3) is 10.9 Å². The number of aromatic nitrogens is 1. The maximum Gasteiger partial charge on any atom is 0.490 e. The standard InChI is InChI=1S/C36H48Cl2N6O5S.3C2HF3O2/c1-24-21-25(2)40-34-27(24)10-7-11-30(34)49-23-28-29(37)12-13-31(33(28)38)50(47,48)41-36(14-5-6-15-36)35(46)44-19-17-43(18-20-44)32(45)22-26(39)9-8-16-42(3)4;3*3-2(4,5)1(6)7/h7,10-13,21,26,41H,5-6,8-9,14-20,22-23,39H2,1-4H3;3*(H,6,7)/t26-;;;/m0.../s1. The first-order valence-electron chi connectivity index (χ1n) is 20.9. The van der Waals surface area contributed by atoms with Crippen molar-refractivity contribution in [1.29, 1.82) is 0 Å². The number of para-hydroxylation sites is 1. The molecule has 1 aromatic heterocycles. The molecule has 2 aromatic carbocycles. The number of piperazine rings is 1. The predicted molar refractivity (Wildman–Crippen MR) is 238 cm³/mol. The molecular formula is C42H51Cl2F9N6O11S. The number of alkyl halides is 9. The van der Waals surface area contributed by atoms with Gasteiger partial charge in [0.05, 0.1) is 5.02 Å². The molecule has 398 valence electrons. The lowest BCUT2D eigenvalue weighted by Crippen LogP contribution is -2.61. The minimum atomic E-state index is -5.08. The number of nitrogens with one attached hydrogen (secondary N) is 1. The van der Waals surface area contributed by atoms with Gasteiger partial charge in [-0.2, -0.15) is 44.2 Å². The van der Waals surface area contributed by atoms with E-state index in [-0.39, 0.29) is 45.8 Å². The SMILES string of the molecule is Cc1cc(C)c2cccc(OCc3c(Cl)ccc(S(=O)(=O)NC4(C(=O)N5CCN(C(=O)C[C@@H](N)CCCN(C)C)CC5)CCCC4)c3Cl)c2n1.O=C(O)C(F)(F)F.O=C(O)C(F)(F)F.O=C(O)C(F)(F)F. The van der Waals surface area contributed by atoms with Gasteiger partial charge < -0.3 is 40.5 Å². The minimum absolute atomic E-state index is 0.0233. The molecular weight excluding hydrogens is 1040 g/mol. The largest absolute Gasteiger partial charge is 0.490 e. The lowest BCUT2D eigenvalue weighted by Gasteiger charge is -2.40. The van der Waals surface area contributed by atoms with Crippen molar-refractivity contribution in [3.8, 4) is 5.75 Å². The zero-order chi connectivity index (χ0) is 54.4. The third kappa shape index (κ3) is 19.0. The van der Waals surface area contributed by atoms with Gasteiger partial charge in [0, 0.05) is 60.3 Å². The Morgan fingerprint density at radius 1 is 0.845 bits per heavy atom. The number of rotatable bonds is 13. The minimum Gasteiger partial charge on any atom is -0.487 e. The third-order valence-electron chi connectivity index (χ3n) is 10.4. The number of aryl methyl sites for hydroxylation is 2. The average molecular weight is 1090 g/mol. The molecule has 1 saturated heterocycles. The number of carboxylic acid groups (broad SMARTS) is 3. The summed E-state index contributed by atoms with van der Waals surface area (Å²) in [6, 6.07) is 10.2. The Balaban J connectivity index is 0.000000685. The third-order valence-corrected chi connectivity index (χ3v) is 12.9. The summed E-state index contributed by atoms with van der Waals surface area (Å²) < 4.78 is 132. The number of pyridine rings is 1. The number of carboxylic acids is 3. The van der Waals surface area contributed by atoms with E-state index in [9.17, 15) is 57.5 Å². The zero-order valence-electron chi connectivity index (χ0n) is 38.3. The van der Waals surface area contributed by atoms with Crippen molar-refractivity contribution in [2.24, 2.45) is 5.73 Å². The first-order valence-corrected chi connectivity index (χ1v) is 23.2. The highest BCUT2D eigenvalue weighted by Gasteiger charge is 2.48. The van der Waals surface area contributed by atoms with Crippen molar-refractivity contribution in [2.45, 2.75) is 100 Å². The van der Waals surface area contributed by atoms with E-state index >= 15 is 0 Å². The first kappa shape index (κ1) is 61.9. The highest BCUT2D eigenvalue weighted by atomic mass is 35.5. The normalized spacial score (nSPS) is 15.3. The highest BCUT2D eigenvalue weighted by Crippen LogP contribution is 2.37. The van der Waals surface area contributed by atoms with Crippen LogP contribution in [0.2, 0.25) is 10.0 Å². The number of fused-ring (bicyclic) bond motifs is 1. The van der Waals surface area contributed by atoms with Gasteiger partial charge in [0.15, 0.2) is 0 Å². The van der Waals surface area contributed by atoms with Crippen LogP contribution in [0.15, 0.2) is 41.3 Å². The molecule has 1 saturated carbocycles. The van der Waals surface area contributed by atoms with E-state index in [0.717, 1.165) is 36.0 Å². The molecule has 2 heterocycles. The van der Waals surface area contributed by atoms with Crippen molar-refractivity contribution in [1.82, 2.24) is 24.4 Å². The molecule has 0 radical (unpaired) electrons. The Hall–Kier alpha value is -5.22. The van der Waals surface area contributed by atoms with Crippen molar-refractivity contribution in [3.63, 3.8) is 0 Å². The van der Waals surface area contributed by atoms with Gasteiger partial charge in [-0.05, 0) is 90.0 Å². The number of benzene rings is 2. The average Bonchev–Trinajstić information content (AvgIpc) is 3.71. The lowest BCUT2D eigenvalue weighted by atomic mass is 9.96. The van der Waals surface area contributed by atoms with Gasteiger partial charge >= 0.3 is 36.4 Å². The summed E-state index contributed by atoms with van der Waals surface area (Å²) in [7, 11) is -0.263. The number of amides is 2. The monoisotopic (exact) mass is 1090 g/mol. The van der Waals surface area contributed by atoms with Gasteiger partial charge in [-0.15, -0.1) is 0 Å². The Bertz CT molecular complexity index is 2410. The summed E-state index contributed by atoms with van der Waals surface area (Å²) >= 11 is 13.3. The van der Waals surface area contributed by atoms with Crippen LogP contribution in [0.3, 0.4) is 0 Å². The second-order valence-electron chi connectivity index (χ2n) is 16.2. The Kier molecular flexibility index (Phi) is 22.6. The van der Waals surface area contributed by atoms with Crippen LogP contribution in [-0.4, -0.2) is 150 Å². The Labute approximate surface area is 411 Å². The van der Waals surface area contributed by atoms with Crippen LogP contribution in [0.1, 0.15) is 61.8 Å². The summed E-state index contributed by atoms with van der Waals surface area (Å²) in [6.45, 7) is 6.11. The van der Waals surface area contributed by atoms with Gasteiger partial charge in [-0.1, -0.05) is 48.2 Å². The summed E-state index contributed by atoms with van der Waals surface area (Å²) in [5, 5.41) is 22.5. The predicted octanol–water partition coefficient (Wildman–Crippen LogP) is 6.96. The van der Waals surface area contributed by atoms with E-state index < -0.39 is 52.0 Å². The fourth-order valence-electron chi connectivity index (χ4n) is 6.98. The van der Waals surface area contributed by atoms with Gasteiger partial charge in [0.25, 0.3) is 0 Å². The number of nitrogens with two attached hydrogens (primary N) is 1. The van der Waals surface area contributed by atoms with E-state index in [1.54, 1.807) is 15.9 Å². The molecule has 2 aliphatic rings. The van der Waals surface area contributed by atoms with Crippen LogP contribution in [0, 0.1) is 13.8 Å². The molecule has 2 amide bonds. The molecule has 0 unspecified atom stereocenters. The van der Waals surface area contributed by atoms with Gasteiger partial charge in [0.1, 0.15) is 28.3 Å². The number of sulfonamides is 1. The fraction of sp³-hybridized carbons (Fsp3) is 0.524. The quantitative estimate of drug-likeness (QED) is 0.109. The van der Waals surface area contributed by atoms with Crippen LogP contribution >= 0.6 is 23.2 Å². The number of carbonyl (C=O) groups excluding carboxylic acids is 2. The van der Waals surface area contributed by atoms with Crippen LogP contribution in [0.4, 0.5) is 39.5 Å². The Morgan fingerprint density at radius 2 is 1.34 bits per heavy atom. The number of halogens is 11. The molecule has 2 fully saturated rings. The molecule has 0 bridgehead atoms. The molecule has 1 aliphatic carbocycles. The van der Waals surface area contributed by atoms with Crippen molar-refractivity contribution < 1.29 is 92.0 Å². The molecule has 1 atom stereocenters. The highest BCUT2D eigenvalue weighted by molar-refractivity contribution is 7.89. The van der Waals surface area contributed by atoms with Crippen molar-refractivity contribution >= 4 is 73.9 Å². The molecule has 3 aromatic rings. The van der Waals surface area contributed by atoms with Gasteiger partial charge in [-0.3, -0.25) is 9.59 Å². The number of nitrogens with zero attached hydrogens (tertiary/aromatic N) is 4. The fourth-order valence-corrected chi connectivity index (χ4v) is 9.28. The Morgan fingerprint density at radius 3 is 1.82 bits per heavy atom. The van der Waals surface area contributed by atoms with Crippen LogP contribution in [-0.2, 0) is 40.6 Å². The topological polar surface area (TPSA) is 250 Å². The molecule has 29 heteroatoms. The van der Waals surface area contributed by atoms with Crippen LogP contribution in [0.5, 0.6) is 5.75 Å². The summed E-state index contributed by atoms with van der Waals surface area (Å²) in [5.41, 5.74) is 7.82. The summed E-state index contributed by atoms with van der Waals surface area (Å²) in [4.78, 5) is 63.7. The molecule has 17 nitrogen and oxygen atoms in total. The zero-order valence-corrected chi connectivity index (χ0v) is 40.6. The van der Waals surface area contributed by atoms with Crippen LogP contribution < -0.4 is 15.2 Å². The van der Waals surface area contributed by atoms with E-state index in [0.29, 0.717) is 68.7 Å². The summed E-state index contributed by atoms with van der Waals surface area (Å²) in [6.07, 6.45) is -11.2. The van der Waals surface area contributed by atoms with Gasteiger partial charge in [0.2, 0.25) is 21.8 Å². The number of aliphatic carboxylic acids is 3. The number of carbonyl (C=O) groups is 5. The molecule has 71 heavy (non-hydrogen) atoms. The molecule has 6 N–H and O–H groups in total. The smallest absolute Gasteiger partial charge is 0.487 e. The lowest BCUT2D eigenvalue weighted by molar-refractivity contribution is -0.193. The number of hydrogen-bond donors (Lipinski definition) is 5. The molecule has 5 rings (SSSR count). The van der Waals surface area contributed by atoms with E-state index in [1.807, 2.05) is 46.1 Å². The maximum absolute atomic E-state index is 14.1. The van der Waals surface area contributed by atoms with E-state index in [4.69, 9.17) is 63.4 Å². The second kappa shape index (κ2) is 25.9. The van der Waals surface area contributed by atoms with E-state index in [2.05, 4.69) is 14.6 Å². The van der Waals surface area contributed by atoms with Crippen molar-refractivity contribution in [2.75, 3.05) is 46.8 Å². The van der Waals surface area contributed by atoms with Crippen molar-refractivity contribution in [3.05, 3.63) is 63.3 Å². The van der Waals surface area contributed by atoms with E-state index in [1.165, 1.54) is 12.1 Å². The maximum atomic E-state index is 14.1. The van der Waals surface area contributed by atoms with Gasteiger partial charge in [-0.25, -0.2) is 27.8 Å².